The highest BCUT2D eigenvalue weighted by Gasteiger charge is 2.13. The van der Waals surface area contributed by atoms with Gasteiger partial charge in [0.15, 0.2) is 11.5 Å². The second-order valence-electron chi connectivity index (χ2n) is 5.61. The van der Waals surface area contributed by atoms with Crippen LogP contribution >= 0.6 is 11.6 Å². The summed E-state index contributed by atoms with van der Waals surface area (Å²) in [6.07, 6.45) is 0.562. The summed E-state index contributed by atoms with van der Waals surface area (Å²) >= 11 is 5.79. The molecule has 0 bridgehead atoms. The Hall–Kier alpha value is -2.73. The number of amides is 2. The van der Waals surface area contributed by atoms with E-state index in [4.69, 9.17) is 21.1 Å². The van der Waals surface area contributed by atoms with E-state index in [0.29, 0.717) is 48.4 Å². The minimum atomic E-state index is -0.723. The molecule has 0 atom stereocenters. The first-order chi connectivity index (χ1) is 13.0. The van der Waals surface area contributed by atoms with Crippen molar-refractivity contribution in [1.82, 2.24) is 5.32 Å². The van der Waals surface area contributed by atoms with Crippen molar-refractivity contribution in [3.63, 3.8) is 0 Å². The van der Waals surface area contributed by atoms with Gasteiger partial charge in [-0.25, -0.2) is 0 Å². The SMILES string of the molecule is CCOc1ccc(CCNC(=O)C(=O)Nc2ccc(Cl)cc2)cc1OCC. The van der Waals surface area contributed by atoms with E-state index < -0.39 is 11.8 Å². The Balaban J connectivity index is 1.85. The number of rotatable bonds is 8. The third kappa shape index (κ3) is 6.49. The van der Waals surface area contributed by atoms with Gasteiger partial charge in [0.25, 0.3) is 0 Å². The lowest BCUT2D eigenvalue weighted by Crippen LogP contribution is -2.36. The molecule has 6 nitrogen and oxygen atoms in total. The molecule has 0 aliphatic heterocycles. The minimum Gasteiger partial charge on any atom is -0.490 e. The Bertz CT molecular complexity index is 778. The first-order valence-corrected chi connectivity index (χ1v) is 9.14. The molecule has 0 aliphatic rings. The van der Waals surface area contributed by atoms with Crippen LogP contribution in [0.1, 0.15) is 19.4 Å². The third-order valence-electron chi connectivity index (χ3n) is 3.62. The zero-order valence-corrected chi connectivity index (χ0v) is 16.1. The van der Waals surface area contributed by atoms with E-state index in [-0.39, 0.29) is 0 Å². The molecule has 0 radical (unpaired) electrons. The minimum absolute atomic E-state index is 0.326. The quantitative estimate of drug-likeness (QED) is 0.677. The summed E-state index contributed by atoms with van der Waals surface area (Å²) in [6.45, 7) is 5.23. The van der Waals surface area contributed by atoms with Crippen LogP contribution in [0.15, 0.2) is 42.5 Å². The predicted molar refractivity (Wildman–Crippen MR) is 106 cm³/mol. The van der Waals surface area contributed by atoms with E-state index >= 15 is 0 Å². The summed E-state index contributed by atoms with van der Waals surface area (Å²) in [7, 11) is 0. The molecule has 0 aliphatic carbocycles. The van der Waals surface area contributed by atoms with Gasteiger partial charge in [-0.15, -0.1) is 0 Å². The number of hydrogen-bond acceptors (Lipinski definition) is 4. The van der Waals surface area contributed by atoms with Crippen molar-refractivity contribution in [3.05, 3.63) is 53.1 Å². The van der Waals surface area contributed by atoms with E-state index in [1.165, 1.54) is 0 Å². The highest BCUT2D eigenvalue weighted by atomic mass is 35.5. The Morgan fingerprint density at radius 1 is 0.926 bits per heavy atom. The fraction of sp³-hybridized carbons (Fsp3) is 0.300. The summed E-state index contributed by atoms with van der Waals surface area (Å²) in [4.78, 5) is 23.8. The maximum atomic E-state index is 11.9. The molecule has 0 aromatic heterocycles. The topological polar surface area (TPSA) is 76.7 Å². The molecule has 2 amide bonds. The molecule has 0 heterocycles. The maximum Gasteiger partial charge on any atom is 0.313 e. The molecule has 2 aromatic rings. The molecule has 0 spiro atoms. The average Bonchev–Trinajstić information content (AvgIpc) is 2.66. The Morgan fingerprint density at radius 2 is 1.59 bits per heavy atom. The van der Waals surface area contributed by atoms with Crippen LogP contribution < -0.4 is 20.1 Å². The molecule has 144 valence electrons. The number of carbonyl (C=O) groups is 2. The van der Waals surface area contributed by atoms with Gasteiger partial charge in [0.1, 0.15) is 0 Å². The summed E-state index contributed by atoms with van der Waals surface area (Å²) in [5, 5.41) is 5.68. The van der Waals surface area contributed by atoms with E-state index in [2.05, 4.69) is 10.6 Å². The van der Waals surface area contributed by atoms with E-state index in [1.807, 2.05) is 32.0 Å². The first kappa shape index (κ1) is 20.6. The highest BCUT2D eigenvalue weighted by molar-refractivity contribution is 6.39. The van der Waals surface area contributed by atoms with Crippen LogP contribution in [-0.4, -0.2) is 31.6 Å². The lowest BCUT2D eigenvalue weighted by atomic mass is 10.1. The number of carbonyl (C=O) groups excluding carboxylic acids is 2. The lowest BCUT2D eigenvalue weighted by molar-refractivity contribution is -0.136. The van der Waals surface area contributed by atoms with Crippen molar-refractivity contribution >= 4 is 29.1 Å². The number of benzene rings is 2. The standard InChI is InChI=1S/C20H23ClN2O4/c1-3-26-17-10-5-14(13-18(17)27-4-2)11-12-22-19(24)20(25)23-16-8-6-15(21)7-9-16/h5-10,13H,3-4,11-12H2,1-2H3,(H,22,24)(H,23,25). The molecule has 2 rings (SSSR count). The van der Waals surface area contributed by atoms with E-state index in [9.17, 15) is 9.59 Å². The average molecular weight is 391 g/mol. The van der Waals surface area contributed by atoms with Crippen LogP contribution in [0, 0.1) is 0 Å². The number of hydrogen-bond donors (Lipinski definition) is 2. The molecular weight excluding hydrogens is 368 g/mol. The van der Waals surface area contributed by atoms with Crippen molar-refractivity contribution in [1.29, 1.82) is 0 Å². The summed E-state index contributed by atoms with van der Waals surface area (Å²) in [6, 6.07) is 12.2. The second-order valence-corrected chi connectivity index (χ2v) is 6.05. The number of anilines is 1. The van der Waals surface area contributed by atoms with Gasteiger partial charge in [0, 0.05) is 17.3 Å². The molecule has 0 fully saturated rings. The van der Waals surface area contributed by atoms with Gasteiger partial charge in [0.05, 0.1) is 13.2 Å². The summed E-state index contributed by atoms with van der Waals surface area (Å²) < 4.78 is 11.1. The van der Waals surface area contributed by atoms with Crippen molar-refractivity contribution in [2.24, 2.45) is 0 Å². The third-order valence-corrected chi connectivity index (χ3v) is 3.87. The monoisotopic (exact) mass is 390 g/mol. The van der Waals surface area contributed by atoms with Gasteiger partial charge in [-0.05, 0) is 62.2 Å². The van der Waals surface area contributed by atoms with Crippen molar-refractivity contribution in [2.75, 3.05) is 25.1 Å². The van der Waals surface area contributed by atoms with Crippen molar-refractivity contribution < 1.29 is 19.1 Å². The molecule has 27 heavy (non-hydrogen) atoms. The van der Waals surface area contributed by atoms with Crippen molar-refractivity contribution in [3.8, 4) is 11.5 Å². The highest BCUT2D eigenvalue weighted by Crippen LogP contribution is 2.28. The molecule has 0 saturated carbocycles. The Kier molecular flexibility index (Phi) is 7.95. The maximum absolute atomic E-state index is 11.9. The van der Waals surface area contributed by atoms with Crippen LogP contribution in [0.3, 0.4) is 0 Å². The molecule has 0 saturated heterocycles. The summed E-state index contributed by atoms with van der Waals surface area (Å²) in [5.41, 5.74) is 1.48. The first-order valence-electron chi connectivity index (χ1n) is 8.76. The number of halogens is 1. The molecular formula is C20H23ClN2O4. The molecule has 7 heteroatoms. The van der Waals surface area contributed by atoms with Crippen LogP contribution in [-0.2, 0) is 16.0 Å². The van der Waals surface area contributed by atoms with Crippen molar-refractivity contribution in [2.45, 2.75) is 20.3 Å². The normalized spacial score (nSPS) is 10.2. The van der Waals surface area contributed by atoms with Crippen LogP contribution in [0.5, 0.6) is 11.5 Å². The molecule has 2 N–H and O–H groups in total. The number of nitrogens with one attached hydrogen (secondary N) is 2. The zero-order valence-electron chi connectivity index (χ0n) is 15.4. The van der Waals surface area contributed by atoms with Crippen LogP contribution in [0.2, 0.25) is 5.02 Å². The van der Waals surface area contributed by atoms with Gasteiger partial charge >= 0.3 is 11.8 Å². The van der Waals surface area contributed by atoms with Gasteiger partial charge in [-0.2, -0.15) is 0 Å². The molecule has 2 aromatic carbocycles. The fourth-order valence-electron chi connectivity index (χ4n) is 2.37. The van der Waals surface area contributed by atoms with Gasteiger partial charge in [0.2, 0.25) is 0 Å². The van der Waals surface area contributed by atoms with E-state index in [1.54, 1.807) is 24.3 Å². The fourth-order valence-corrected chi connectivity index (χ4v) is 2.50. The van der Waals surface area contributed by atoms with Gasteiger partial charge < -0.3 is 20.1 Å². The van der Waals surface area contributed by atoms with Gasteiger partial charge in [-0.3, -0.25) is 9.59 Å². The lowest BCUT2D eigenvalue weighted by Gasteiger charge is -2.12. The second kappa shape index (κ2) is 10.4. The predicted octanol–water partition coefficient (Wildman–Crippen LogP) is 3.43. The van der Waals surface area contributed by atoms with Gasteiger partial charge in [-0.1, -0.05) is 17.7 Å². The Morgan fingerprint density at radius 3 is 2.26 bits per heavy atom. The number of ether oxygens (including phenoxy) is 2. The zero-order chi connectivity index (χ0) is 19.6. The van der Waals surface area contributed by atoms with Crippen LogP contribution in [0.25, 0.3) is 0 Å². The summed E-state index contributed by atoms with van der Waals surface area (Å²) in [5.74, 6) is -0.0573. The Labute approximate surface area is 163 Å². The van der Waals surface area contributed by atoms with E-state index in [0.717, 1.165) is 5.56 Å². The molecule has 0 unspecified atom stereocenters. The smallest absolute Gasteiger partial charge is 0.313 e. The largest absolute Gasteiger partial charge is 0.490 e. The van der Waals surface area contributed by atoms with Crippen LogP contribution in [0.4, 0.5) is 5.69 Å².